The normalized spacial score (nSPS) is 41.9. The van der Waals surface area contributed by atoms with Crippen molar-refractivity contribution in [2.45, 2.75) is 11.8 Å². The summed E-state index contributed by atoms with van der Waals surface area (Å²) in [5, 5.41) is 1.27. The van der Waals surface area contributed by atoms with Crippen LogP contribution in [0.3, 0.4) is 0 Å². The second-order valence-corrected chi connectivity index (χ2v) is 4.27. The van der Waals surface area contributed by atoms with Gasteiger partial charge >= 0.3 is 0 Å². The summed E-state index contributed by atoms with van der Waals surface area (Å²) in [4.78, 5) is 0. The molecule has 0 aromatic rings. The van der Waals surface area contributed by atoms with Crippen molar-refractivity contribution in [3.63, 3.8) is 0 Å². The van der Waals surface area contributed by atoms with Gasteiger partial charge < -0.3 is 0 Å². The van der Waals surface area contributed by atoms with E-state index in [-0.39, 0.29) is 5.38 Å². The zero-order chi connectivity index (χ0) is 8.01. The van der Waals surface area contributed by atoms with E-state index in [4.69, 9.17) is 34.8 Å². The van der Waals surface area contributed by atoms with E-state index in [1.807, 2.05) is 0 Å². The molecule has 3 atom stereocenters. The first-order valence-corrected chi connectivity index (χ1v) is 4.77. The number of halogens is 3. The molecule has 3 heteroatoms. The van der Waals surface area contributed by atoms with Crippen LogP contribution in [0, 0.1) is 11.8 Å². The van der Waals surface area contributed by atoms with Crippen molar-refractivity contribution in [3.05, 3.63) is 22.2 Å². The van der Waals surface area contributed by atoms with Gasteiger partial charge in [0.2, 0.25) is 0 Å². The summed E-state index contributed by atoms with van der Waals surface area (Å²) >= 11 is 17.9. The smallest absolute Gasteiger partial charge is 0.0766 e. The Morgan fingerprint density at radius 2 is 1.91 bits per heavy atom. The summed E-state index contributed by atoms with van der Waals surface area (Å²) in [6.45, 7) is 0. The van der Waals surface area contributed by atoms with Crippen LogP contribution in [0.4, 0.5) is 0 Å². The summed E-state index contributed by atoms with van der Waals surface area (Å²) < 4.78 is 0. The highest BCUT2D eigenvalue weighted by Crippen LogP contribution is 2.45. The molecule has 0 aliphatic heterocycles. The summed E-state index contributed by atoms with van der Waals surface area (Å²) in [5.74, 6) is 0.737. The van der Waals surface area contributed by atoms with Crippen LogP contribution in [-0.2, 0) is 0 Å². The maximum absolute atomic E-state index is 6.03. The standard InChI is InChI=1S/C8H7Cl3/c9-6-4-1-2-5(3-4)7(10)8(6)11/h1-2,4-6H,3H2. The van der Waals surface area contributed by atoms with Crippen LogP contribution in [-0.4, -0.2) is 5.38 Å². The molecule has 0 aromatic heterocycles. The summed E-state index contributed by atoms with van der Waals surface area (Å²) in [5.41, 5.74) is 0. The fourth-order valence-electron chi connectivity index (χ4n) is 1.63. The number of alkyl halides is 1. The molecule has 2 aliphatic rings. The molecule has 0 saturated heterocycles. The zero-order valence-corrected chi connectivity index (χ0v) is 8.00. The second kappa shape index (κ2) is 2.69. The van der Waals surface area contributed by atoms with Crippen molar-refractivity contribution in [2.75, 3.05) is 0 Å². The Balaban J connectivity index is 2.41. The van der Waals surface area contributed by atoms with Crippen LogP contribution in [0.25, 0.3) is 0 Å². The van der Waals surface area contributed by atoms with Crippen molar-refractivity contribution in [2.24, 2.45) is 11.8 Å². The van der Waals surface area contributed by atoms with Crippen LogP contribution in [0.5, 0.6) is 0 Å². The monoisotopic (exact) mass is 208 g/mol. The van der Waals surface area contributed by atoms with E-state index in [2.05, 4.69) is 12.2 Å². The molecular formula is C8H7Cl3. The number of hydrogen-bond donors (Lipinski definition) is 0. The van der Waals surface area contributed by atoms with Crippen LogP contribution < -0.4 is 0 Å². The Morgan fingerprint density at radius 1 is 1.18 bits per heavy atom. The minimum absolute atomic E-state index is 0.0980. The highest BCUT2D eigenvalue weighted by atomic mass is 35.5. The van der Waals surface area contributed by atoms with Gasteiger partial charge in [-0.15, -0.1) is 11.6 Å². The van der Waals surface area contributed by atoms with Crippen LogP contribution in [0.2, 0.25) is 0 Å². The summed E-state index contributed by atoms with van der Waals surface area (Å²) in [6.07, 6.45) is 5.24. The molecule has 60 valence electrons. The van der Waals surface area contributed by atoms with Gasteiger partial charge in [-0.2, -0.15) is 0 Å². The molecular weight excluding hydrogens is 202 g/mol. The number of allylic oxidation sites excluding steroid dienone is 4. The second-order valence-electron chi connectivity index (χ2n) is 2.99. The van der Waals surface area contributed by atoms with Gasteiger partial charge in [-0.1, -0.05) is 35.4 Å². The minimum Gasteiger partial charge on any atom is -0.116 e. The van der Waals surface area contributed by atoms with Crippen molar-refractivity contribution in [3.8, 4) is 0 Å². The number of rotatable bonds is 0. The van der Waals surface area contributed by atoms with Gasteiger partial charge in [0.15, 0.2) is 0 Å². The van der Waals surface area contributed by atoms with Crippen molar-refractivity contribution < 1.29 is 0 Å². The lowest BCUT2D eigenvalue weighted by Crippen LogP contribution is -2.18. The van der Waals surface area contributed by atoms with Gasteiger partial charge in [0.1, 0.15) is 0 Å². The van der Waals surface area contributed by atoms with E-state index in [1.54, 1.807) is 0 Å². The molecule has 2 bridgehead atoms. The van der Waals surface area contributed by atoms with Crippen molar-refractivity contribution in [1.29, 1.82) is 0 Å². The van der Waals surface area contributed by atoms with Gasteiger partial charge in [-0.05, 0) is 12.3 Å². The molecule has 0 amide bonds. The van der Waals surface area contributed by atoms with Crippen molar-refractivity contribution in [1.82, 2.24) is 0 Å². The zero-order valence-electron chi connectivity index (χ0n) is 5.73. The lowest BCUT2D eigenvalue weighted by atomic mass is 9.93. The molecule has 0 saturated carbocycles. The molecule has 0 radical (unpaired) electrons. The Hall–Kier alpha value is 0.350. The highest BCUT2D eigenvalue weighted by Gasteiger charge is 2.35. The maximum atomic E-state index is 6.03. The predicted molar refractivity (Wildman–Crippen MR) is 49.1 cm³/mol. The van der Waals surface area contributed by atoms with E-state index in [1.165, 1.54) is 0 Å². The topological polar surface area (TPSA) is 0 Å². The van der Waals surface area contributed by atoms with E-state index in [0.717, 1.165) is 11.5 Å². The van der Waals surface area contributed by atoms with Gasteiger partial charge in [-0.25, -0.2) is 0 Å². The number of fused-ring (bicyclic) bond motifs is 2. The predicted octanol–water partition coefficient (Wildman–Crippen LogP) is 3.49. The average Bonchev–Trinajstić information content (AvgIpc) is 2.44. The molecule has 0 spiro atoms. The van der Waals surface area contributed by atoms with E-state index < -0.39 is 0 Å². The Labute approximate surface area is 80.8 Å². The molecule has 0 heterocycles. The van der Waals surface area contributed by atoms with Crippen LogP contribution in [0.15, 0.2) is 22.2 Å². The third-order valence-corrected chi connectivity index (χ3v) is 3.96. The van der Waals surface area contributed by atoms with Crippen LogP contribution in [0.1, 0.15) is 6.42 Å². The lowest BCUT2D eigenvalue weighted by molar-refractivity contribution is 0.554. The van der Waals surface area contributed by atoms with Gasteiger partial charge in [0, 0.05) is 11.0 Å². The third kappa shape index (κ3) is 1.12. The Bertz CT molecular complexity index is 242. The minimum atomic E-state index is -0.0980. The molecule has 0 nitrogen and oxygen atoms in total. The molecule has 11 heavy (non-hydrogen) atoms. The lowest BCUT2D eigenvalue weighted by Gasteiger charge is -2.24. The summed E-state index contributed by atoms with van der Waals surface area (Å²) in [7, 11) is 0. The van der Waals surface area contributed by atoms with Crippen LogP contribution >= 0.6 is 34.8 Å². The van der Waals surface area contributed by atoms with Gasteiger partial charge in [-0.3, -0.25) is 0 Å². The van der Waals surface area contributed by atoms with E-state index >= 15 is 0 Å². The third-order valence-electron chi connectivity index (χ3n) is 2.29. The maximum Gasteiger partial charge on any atom is 0.0766 e. The Kier molecular flexibility index (Phi) is 1.95. The molecule has 0 aromatic carbocycles. The fourth-order valence-corrected chi connectivity index (χ4v) is 2.57. The van der Waals surface area contributed by atoms with E-state index in [9.17, 15) is 0 Å². The van der Waals surface area contributed by atoms with Crippen molar-refractivity contribution >= 4 is 34.8 Å². The first kappa shape index (κ1) is 7.97. The van der Waals surface area contributed by atoms with E-state index in [0.29, 0.717) is 16.9 Å². The molecule has 0 N–H and O–H groups in total. The average molecular weight is 210 g/mol. The summed E-state index contributed by atoms with van der Waals surface area (Å²) in [6, 6.07) is 0. The SMILES string of the molecule is ClC1=C(Cl)C(Cl)C2C=CC1C2. The quantitative estimate of drug-likeness (QED) is 0.423. The van der Waals surface area contributed by atoms with Gasteiger partial charge in [0.25, 0.3) is 0 Å². The van der Waals surface area contributed by atoms with Gasteiger partial charge in [0.05, 0.1) is 10.4 Å². The molecule has 3 unspecified atom stereocenters. The number of hydrogen-bond acceptors (Lipinski definition) is 0. The fraction of sp³-hybridized carbons (Fsp3) is 0.500. The Morgan fingerprint density at radius 3 is 2.64 bits per heavy atom. The molecule has 2 aliphatic carbocycles. The largest absolute Gasteiger partial charge is 0.116 e. The molecule has 0 fully saturated rings. The highest BCUT2D eigenvalue weighted by molar-refractivity contribution is 6.44. The first-order valence-electron chi connectivity index (χ1n) is 3.57. The molecule has 2 rings (SSSR count). The first-order chi connectivity index (χ1) is 5.20.